The van der Waals surface area contributed by atoms with Gasteiger partial charge in [0, 0.05) is 11.3 Å². The fourth-order valence-corrected chi connectivity index (χ4v) is 8.55. The standard InChI is InChI=1S/C22H30N2O2S/c1-12-2-3-16-17(4-12)27-21(19(16)20(23)26)24-18(25)11-22-8-13-5-14(9-22)7-15(6-13)10-22/h12-15H,2-11H2,1H3,(H2,23,26)(H,24,25)/t12-,13?,14?,15?,22?/m0/s1. The zero-order valence-corrected chi connectivity index (χ0v) is 17.0. The van der Waals surface area contributed by atoms with E-state index in [-0.39, 0.29) is 11.3 Å². The number of primary amides is 1. The van der Waals surface area contributed by atoms with Crippen LogP contribution in [0.25, 0.3) is 0 Å². The number of fused-ring (bicyclic) bond motifs is 1. The van der Waals surface area contributed by atoms with E-state index < -0.39 is 5.91 Å². The minimum atomic E-state index is -0.396. The van der Waals surface area contributed by atoms with Crippen LogP contribution < -0.4 is 11.1 Å². The zero-order valence-electron chi connectivity index (χ0n) is 16.2. The highest BCUT2D eigenvalue weighted by molar-refractivity contribution is 7.17. The van der Waals surface area contributed by atoms with Gasteiger partial charge < -0.3 is 11.1 Å². The summed E-state index contributed by atoms with van der Waals surface area (Å²) in [5, 5.41) is 3.82. The molecule has 2 amide bonds. The molecule has 1 atom stereocenters. The van der Waals surface area contributed by atoms with Crippen molar-refractivity contribution >= 4 is 28.2 Å². The van der Waals surface area contributed by atoms with Crippen LogP contribution >= 0.6 is 11.3 Å². The average molecular weight is 387 g/mol. The van der Waals surface area contributed by atoms with Crippen molar-refractivity contribution in [3.63, 3.8) is 0 Å². The minimum Gasteiger partial charge on any atom is -0.365 e. The van der Waals surface area contributed by atoms with Crippen molar-refractivity contribution in [2.24, 2.45) is 34.8 Å². The van der Waals surface area contributed by atoms with Crippen molar-refractivity contribution in [1.29, 1.82) is 0 Å². The van der Waals surface area contributed by atoms with E-state index in [4.69, 9.17) is 5.73 Å². The Balaban J connectivity index is 1.35. The van der Waals surface area contributed by atoms with Crippen molar-refractivity contribution in [3.8, 4) is 0 Å². The number of carbonyl (C=O) groups excluding carboxylic acids is 2. The van der Waals surface area contributed by atoms with Gasteiger partial charge in [0.15, 0.2) is 0 Å². The third-order valence-corrected chi connectivity index (χ3v) is 8.88. The second-order valence-corrected chi connectivity index (χ2v) is 11.2. The number of nitrogens with two attached hydrogens (primary N) is 1. The lowest BCUT2D eigenvalue weighted by atomic mass is 9.49. The summed E-state index contributed by atoms with van der Waals surface area (Å²) in [7, 11) is 0. The van der Waals surface area contributed by atoms with Gasteiger partial charge in [-0.1, -0.05) is 6.92 Å². The second-order valence-electron chi connectivity index (χ2n) is 10.1. The topological polar surface area (TPSA) is 72.2 Å². The molecule has 1 aromatic heterocycles. The van der Waals surface area contributed by atoms with E-state index in [1.807, 2.05) is 0 Å². The third-order valence-electron chi connectivity index (χ3n) is 7.71. The Morgan fingerprint density at radius 3 is 2.37 bits per heavy atom. The van der Waals surface area contributed by atoms with Crippen molar-refractivity contribution in [2.45, 2.75) is 71.1 Å². The van der Waals surface area contributed by atoms with E-state index in [1.165, 1.54) is 43.4 Å². The number of thiophene rings is 1. The molecule has 5 heteroatoms. The molecule has 4 bridgehead atoms. The maximum atomic E-state index is 13.0. The molecule has 5 aliphatic carbocycles. The van der Waals surface area contributed by atoms with Crippen LogP contribution in [0.1, 0.15) is 79.1 Å². The molecule has 0 aliphatic heterocycles. The summed E-state index contributed by atoms with van der Waals surface area (Å²) in [6.07, 6.45) is 11.5. The number of amides is 2. The Hall–Kier alpha value is -1.36. The number of carbonyl (C=O) groups is 2. The summed E-state index contributed by atoms with van der Waals surface area (Å²) in [5.74, 6) is 2.87. The Labute approximate surface area is 165 Å². The first kappa shape index (κ1) is 17.7. The molecule has 1 heterocycles. The SMILES string of the molecule is C[C@H]1CCc2c(sc(NC(=O)CC34CC5CC(CC(C5)C3)C4)c2C(N)=O)C1. The van der Waals surface area contributed by atoms with E-state index in [0.29, 0.717) is 22.9 Å². The van der Waals surface area contributed by atoms with Crippen LogP contribution in [0.3, 0.4) is 0 Å². The monoisotopic (exact) mass is 386 g/mol. The third kappa shape index (κ3) is 3.12. The van der Waals surface area contributed by atoms with Crippen LogP contribution in [0.5, 0.6) is 0 Å². The molecule has 0 radical (unpaired) electrons. The van der Waals surface area contributed by atoms with Crippen LogP contribution in [-0.4, -0.2) is 11.8 Å². The lowest BCUT2D eigenvalue weighted by Gasteiger charge is -2.56. The highest BCUT2D eigenvalue weighted by Crippen LogP contribution is 2.61. The van der Waals surface area contributed by atoms with Gasteiger partial charge in [-0.3, -0.25) is 9.59 Å². The molecule has 146 valence electrons. The predicted octanol–water partition coefficient (Wildman–Crippen LogP) is 4.52. The van der Waals surface area contributed by atoms with Crippen molar-refractivity contribution in [3.05, 3.63) is 16.0 Å². The first-order valence-electron chi connectivity index (χ1n) is 10.6. The van der Waals surface area contributed by atoms with Gasteiger partial charge in [-0.25, -0.2) is 0 Å². The first-order valence-corrected chi connectivity index (χ1v) is 11.5. The summed E-state index contributed by atoms with van der Waals surface area (Å²) in [6, 6.07) is 0. The predicted molar refractivity (Wildman–Crippen MR) is 108 cm³/mol. The number of anilines is 1. The summed E-state index contributed by atoms with van der Waals surface area (Å²) < 4.78 is 0. The maximum absolute atomic E-state index is 13.0. The number of nitrogens with one attached hydrogen (secondary N) is 1. The zero-order chi connectivity index (χ0) is 18.8. The van der Waals surface area contributed by atoms with Gasteiger partial charge in [-0.05, 0) is 92.4 Å². The number of hydrogen-bond acceptors (Lipinski definition) is 3. The summed E-state index contributed by atoms with van der Waals surface area (Å²) in [4.78, 5) is 26.3. The van der Waals surface area contributed by atoms with E-state index in [1.54, 1.807) is 11.3 Å². The highest BCUT2D eigenvalue weighted by atomic mass is 32.1. The van der Waals surface area contributed by atoms with Crippen molar-refractivity contribution in [1.82, 2.24) is 0 Å². The molecule has 0 saturated heterocycles. The Kier molecular flexibility index (Phi) is 4.15. The van der Waals surface area contributed by atoms with E-state index >= 15 is 0 Å². The van der Waals surface area contributed by atoms with Crippen LogP contribution in [0.15, 0.2) is 0 Å². The minimum absolute atomic E-state index is 0.0890. The summed E-state index contributed by atoms with van der Waals surface area (Å²) in [6.45, 7) is 2.25. The van der Waals surface area contributed by atoms with Gasteiger partial charge in [-0.15, -0.1) is 11.3 Å². The fraction of sp³-hybridized carbons (Fsp3) is 0.727. The number of hydrogen-bond donors (Lipinski definition) is 2. The van der Waals surface area contributed by atoms with Gasteiger partial charge in [0.2, 0.25) is 5.91 Å². The van der Waals surface area contributed by atoms with Crippen LogP contribution in [-0.2, 0) is 17.6 Å². The second kappa shape index (κ2) is 6.33. The Bertz CT molecular complexity index is 761. The Morgan fingerprint density at radius 1 is 1.15 bits per heavy atom. The quantitative estimate of drug-likeness (QED) is 0.799. The molecule has 27 heavy (non-hydrogen) atoms. The van der Waals surface area contributed by atoms with Gasteiger partial charge in [0.1, 0.15) is 5.00 Å². The fourth-order valence-electron chi connectivity index (χ4n) is 7.12. The number of rotatable bonds is 4. The molecule has 0 aromatic carbocycles. The molecule has 0 unspecified atom stereocenters. The lowest BCUT2D eigenvalue weighted by Crippen LogP contribution is -2.47. The maximum Gasteiger partial charge on any atom is 0.251 e. The molecule has 4 nitrogen and oxygen atoms in total. The van der Waals surface area contributed by atoms with Crippen LogP contribution in [0.2, 0.25) is 0 Å². The molecule has 3 N–H and O–H groups in total. The molecule has 6 rings (SSSR count). The summed E-state index contributed by atoms with van der Waals surface area (Å²) in [5.41, 5.74) is 7.59. The first-order chi connectivity index (χ1) is 12.9. The van der Waals surface area contributed by atoms with Crippen molar-refractivity contribution < 1.29 is 9.59 Å². The molecule has 1 aromatic rings. The summed E-state index contributed by atoms with van der Waals surface area (Å²) >= 11 is 1.58. The molecular weight excluding hydrogens is 356 g/mol. The van der Waals surface area contributed by atoms with E-state index in [0.717, 1.165) is 42.6 Å². The van der Waals surface area contributed by atoms with Gasteiger partial charge >= 0.3 is 0 Å². The highest BCUT2D eigenvalue weighted by Gasteiger charge is 2.51. The van der Waals surface area contributed by atoms with E-state index in [2.05, 4.69) is 12.2 Å². The normalized spacial score (nSPS) is 36.5. The average Bonchev–Trinajstić information content (AvgIpc) is 2.89. The van der Waals surface area contributed by atoms with Gasteiger partial charge in [0.25, 0.3) is 5.91 Å². The molecule has 4 fully saturated rings. The van der Waals surface area contributed by atoms with Gasteiger partial charge in [0.05, 0.1) is 5.56 Å². The smallest absolute Gasteiger partial charge is 0.251 e. The van der Waals surface area contributed by atoms with Crippen LogP contribution in [0, 0.1) is 29.1 Å². The molecule has 0 spiro atoms. The molecular formula is C22H30N2O2S. The van der Waals surface area contributed by atoms with E-state index in [9.17, 15) is 9.59 Å². The van der Waals surface area contributed by atoms with Gasteiger partial charge in [-0.2, -0.15) is 0 Å². The van der Waals surface area contributed by atoms with Crippen molar-refractivity contribution in [2.75, 3.05) is 5.32 Å². The molecule has 4 saturated carbocycles. The molecule has 5 aliphatic rings. The lowest BCUT2D eigenvalue weighted by molar-refractivity contribution is -0.124. The van der Waals surface area contributed by atoms with Crippen LogP contribution in [0.4, 0.5) is 5.00 Å². The Morgan fingerprint density at radius 2 is 1.78 bits per heavy atom. The largest absolute Gasteiger partial charge is 0.365 e.